The summed E-state index contributed by atoms with van der Waals surface area (Å²) >= 11 is 3.41. The zero-order chi connectivity index (χ0) is 9.42. The lowest BCUT2D eigenvalue weighted by molar-refractivity contribution is -0.113. The zero-order valence-electron chi connectivity index (χ0n) is 7.25. The van der Waals surface area contributed by atoms with Crippen molar-refractivity contribution in [2.24, 2.45) is 5.92 Å². The van der Waals surface area contributed by atoms with E-state index in [4.69, 9.17) is 0 Å². The molecule has 0 radical (unpaired) electrons. The first-order valence-electron chi connectivity index (χ1n) is 4.21. The number of fused-ring (bicyclic) bond motifs is 1. The third-order valence-corrected chi connectivity index (χ3v) is 2.91. The van der Waals surface area contributed by atoms with Crippen LogP contribution in [0.1, 0.15) is 6.92 Å². The molecule has 68 valence electrons. The van der Waals surface area contributed by atoms with Crippen LogP contribution in [0.15, 0.2) is 34.5 Å². The number of carbonyl (C=O) groups excluding carboxylic acids is 1. The van der Waals surface area contributed by atoms with Gasteiger partial charge in [0.2, 0.25) is 0 Å². The fraction of sp³-hybridized carbons (Fsp3) is 0.300. The highest BCUT2D eigenvalue weighted by Gasteiger charge is 2.30. The van der Waals surface area contributed by atoms with E-state index in [2.05, 4.69) is 33.4 Å². The standard InChI is InChI=1S/C10H10BrNO/c1-6(13)9-5-12-10-3-2-7(11)4-8(9)10/h2-5,8,10,12H,1H3. The molecule has 2 unspecified atom stereocenters. The largest absolute Gasteiger partial charge is 0.383 e. The first kappa shape index (κ1) is 8.75. The number of ketones is 1. The van der Waals surface area contributed by atoms with Crippen LogP contribution in [0.25, 0.3) is 0 Å². The van der Waals surface area contributed by atoms with Crippen LogP contribution >= 0.6 is 15.9 Å². The number of allylic oxidation sites excluding steroid dienone is 2. The number of hydrogen-bond acceptors (Lipinski definition) is 2. The van der Waals surface area contributed by atoms with Crippen LogP contribution in [0, 0.1) is 5.92 Å². The van der Waals surface area contributed by atoms with Gasteiger partial charge in [-0.25, -0.2) is 0 Å². The van der Waals surface area contributed by atoms with Crippen LogP contribution in [0.5, 0.6) is 0 Å². The molecule has 13 heavy (non-hydrogen) atoms. The van der Waals surface area contributed by atoms with E-state index in [0.717, 1.165) is 10.1 Å². The third-order valence-electron chi connectivity index (χ3n) is 2.39. The van der Waals surface area contributed by atoms with Gasteiger partial charge in [-0.1, -0.05) is 34.2 Å². The molecule has 0 bridgehead atoms. The second-order valence-corrected chi connectivity index (χ2v) is 4.20. The molecule has 0 aromatic heterocycles. The Morgan fingerprint density at radius 2 is 2.38 bits per heavy atom. The normalized spacial score (nSPS) is 30.3. The molecular weight excluding hydrogens is 230 g/mol. The maximum Gasteiger partial charge on any atom is 0.157 e. The number of hydrogen-bond donors (Lipinski definition) is 1. The molecule has 0 amide bonds. The van der Waals surface area contributed by atoms with E-state index in [-0.39, 0.29) is 17.7 Å². The number of Topliss-reactive ketones (excluding diaryl/α,β-unsaturated/α-hetero) is 1. The fourth-order valence-electron chi connectivity index (χ4n) is 1.71. The molecule has 0 aromatic carbocycles. The van der Waals surface area contributed by atoms with Gasteiger partial charge in [-0.15, -0.1) is 0 Å². The second-order valence-electron chi connectivity index (χ2n) is 3.28. The molecule has 1 aliphatic heterocycles. The predicted octanol–water partition coefficient (Wildman–Crippen LogP) is 1.90. The molecule has 0 aromatic rings. The first-order valence-corrected chi connectivity index (χ1v) is 5.00. The monoisotopic (exact) mass is 239 g/mol. The Balaban J connectivity index is 2.29. The topological polar surface area (TPSA) is 29.1 Å². The molecule has 1 aliphatic carbocycles. The molecule has 1 heterocycles. The highest BCUT2D eigenvalue weighted by Crippen LogP contribution is 2.30. The summed E-state index contributed by atoms with van der Waals surface area (Å²) < 4.78 is 1.05. The van der Waals surface area contributed by atoms with Crippen LogP contribution < -0.4 is 5.32 Å². The number of halogens is 1. The summed E-state index contributed by atoms with van der Waals surface area (Å²) in [5.74, 6) is 0.351. The van der Waals surface area contributed by atoms with Gasteiger partial charge in [0.05, 0.1) is 6.04 Å². The Hall–Kier alpha value is -0.830. The third kappa shape index (κ3) is 1.48. The van der Waals surface area contributed by atoms with Crippen LogP contribution in [0.2, 0.25) is 0 Å². The quantitative estimate of drug-likeness (QED) is 0.758. The lowest BCUT2D eigenvalue weighted by Gasteiger charge is -2.18. The van der Waals surface area contributed by atoms with Crippen molar-refractivity contribution in [1.82, 2.24) is 5.32 Å². The van der Waals surface area contributed by atoms with Gasteiger partial charge in [0, 0.05) is 22.2 Å². The van der Waals surface area contributed by atoms with E-state index < -0.39 is 0 Å². The summed E-state index contributed by atoms with van der Waals surface area (Å²) in [6, 6.07) is 0.264. The highest BCUT2D eigenvalue weighted by atomic mass is 79.9. The minimum Gasteiger partial charge on any atom is -0.383 e. The van der Waals surface area contributed by atoms with Crippen molar-refractivity contribution in [1.29, 1.82) is 0 Å². The van der Waals surface area contributed by atoms with E-state index in [0.29, 0.717) is 0 Å². The van der Waals surface area contributed by atoms with Crippen molar-refractivity contribution >= 4 is 21.7 Å². The molecule has 3 heteroatoms. The van der Waals surface area contributed by atoms with Crippen LogP contribution in [0.4, 0.5) is 0 Å². The van der Waals surface area contributed by atoms with Gasteiger partial charge in [0.15, 0.2) is 5.78 Å². The Labute approximate surface area is 85.5 Å². The Morgan fingerprint density at radius 3 is 3.08 bits per heavy atom. The van der Waals surface area contributed by atoms with E-state index in [1.807, 2.05) is 12.3 Å². The molecule has 2 nitrogen and oxygen atoms in total. The molecule has 2 atom stereocenters. The SMILES string of the molecule is CC(=O)C1=CNC2C=CC(Br)=CC12. The van der Waals surface area contributed by atoms with E-state index in [9.17, 15) is 4.79 Å². The maximum absolute atomic E-state index is 11.2. The van der Waals surface area contributed by atoms with Crippen LogP contribution in [0.3, 0.4) is 0 Å². The number of nitrogens with one attached hydrogen (secondary N) is 1. The van der Waals surface area contributed by atoms with E-state index in [1.54, 1.807) is 6.92 Å². The van der Waals surface area contributed by atoms with Crippen LogP contribution in [-0.4, -0.2) is 11.8 Å². The van der Waals surface area contributed by atoms with Crippen molar-refractivity contribution in [2.75, 3.05) is 0 Å². The molecule has 0 saturated heterocycles. The van der Waals surface area contributed by atoms with Gasteiger partial charge in [0.1, 0.15) is 0 Å². The van der Waals surface area contributed by atoms with Crippen molar-refractivity contribution in [3.05, 3.63) is 34.5 Å². The maximum atomic E-state index is 11.2. The van der Waals surface area contributed by atoms with Crippen molar-refractivity contribution in [3.8, 4) is 0 Å². The molecule has 1 N–H and O–H groups in total. The summed E-state index contributed by atoms with van der Waals surface area (Å²) in [6.07, 6.45) is 7.97. The molecule has 0 spiro atoms. The summed E-state index contributed by atoms with van der Waals surface area (Å²) in [7, 11) is 0. The Kier molecular flexibility index (Phi) is 2.12. The summed E-state index contributed by atoms with van der Waals surface area (Å²) in [5, 5.41) is 3.18. The second kappa shape index (κ2) is 3.14. The molecule has 2 rings (SSSR count). The highest BCUT2D eigenvalue weighted by molar-refractivity contribution is 9.11. The Morgan fingerprint density at radius 1 is 1.62 bits per heavy atom. The zero-order valence-corrected chi connectivity index (χ0v) is 8.84. The van der Waals surface area contributed by atoms with E-state index in [1.165, 1.54) is 0 Å². The van der Waals surface area contributed by atoms with Crippen molar-refractivity contribution in [3.63, 3.8) is 0 Å². The number of rotatable bonds is 1. The summed E-state index contributed by atoms with van der Waals surface area (Å²) in [4.78, 5) is 11.2. The summed E-state index contributed by atoms with van der Waals surface area (Å²) in [5.41, 5.74) is 0.867. The smallest absolute Gasteiger partial charge is 0.157 e. The van der Waals surface area contributed by atoms with Gasteiger partial charge in [-0.3, -0.25) is 4.79 Å². The average molecular weight is 240 g/mol. The lowest BCUT2D eigenvalue weighted by Crippen LogP contribution is -2.26. The summed E-state index contributed by atoms with van der Waals surface area (Å²) in [6.45, 7) is 1.61. The van der Waals surface area contributed by atoms with Gasteiger partial charge >= 0.3 is 0 Å². The van der Waals surface area contributed by atoms with Gasteiger partial charge in [-0.2, -0.15) is 0 Å². The lowest BCUT2D eigenvalue weighted by atomic mass is 9.90. The molecule has 2 aliphatic rings. The predicted molar refractivity (Wildman–Crippen MR) is 55.3 cm³/mol. The van der Waals surface area contributed by atoms with Crippen molar-refractivity contribution in [2.45, 2.75) is 13.0 Å². The molecule has 0 fully saturated rings. The van der Waals surface area contributed by atoms with Gasteiger partial charge in [-0.05, 0) is 6.92 Å². The average Bonchev–Trinajstić information content (AvgIpc) is 2.46. The first-order chi connectivity index (χ1) is 6.18. The van der Waals surface area contributed by atoms with Gasteiger partial charge < -0.3 is 5.32 Å². The van der Waals surface area contributed by atoms with Gasteiger partial charge in [0.25, 0.3) is 0 Å². The fourth-order valence-corrected chi connectivity index (χ4v) is 2.14. The minimum absolute atomic E-state index is 0.145. The van der Waals surface area contributed by atoms with Crippen LogP contribution in [-0.2, 0) is 4.79 Å². The van der Waals surface area contributed by atoms with Crippen molar-refractivity contribution < 1.29 is 4.79 Å². The Bertz CT molecular complexity index is 341. The van der Waals surface area contributed by atoms with E-state index >= 15 is 0 Å². The minimum atomic E-state index is 0.145. The molecular formula is C10H10BrNO. The number of carbonyl (C=O) groups is 1. The molecule has 0 saturated carbocycles.